The summed E-state index contributed by atoms with van der Waals surface area (Å²) in [6.45, 7) is 3.87. The number of halogens is 1. The first-order valence-corrected chi connectivity index (χ1v) is 9.72. The highest BCUT2D eigenvalue weighted by Gasteiger charge is 2.36. The molecule has 2 aromatic carbocycles. The third-order valence-corrected chi connectivity index (χ3v) is 5.44. The second-order valence-electron chi connectivity index (χ2n) is 6.55. The van der Waals surface area contributed by atoms with Crippen molar-refractivity contribution in [1.82, 2.24) is 5.32 Å². The van der Waals surface area contributed by atoms with Gasteiger partial charge in [0.2, 0.25) is 11.5 Å². The van der Waals surface area contributed by atoms with Crippen LogP contribution < -0.4 is 19.5 Å². The molecule has 2 rings (SSSR count). The van der Waals surface area contributed by atoms with E-state index in [0.717, 1.165) is 5.56 Å². The summed E-state index contributed by atoms with van der Waals surface area (Å²) in [6.07, 6.45) is 1.13. The van der Waals surface area contributed by atoms with Crippen LogP contribution in [-0.2, 0) is 5.54 Å². The van der Waals surface area contributed by atoms with Crippen molar-refractivity contribution in [3.8, 4) is 17.2 Å². The molecule has 0 fully saturated rings. The molecule has 0 radical (unpaired) electrons. The van der Waals surface area contributed by atoms with Crippen LogP contribution in [0.5, 0.6) is 17.2 Å². The fourth-order valence-corrected chi connectivity index (χ4v) is 3.58. The Morgan fingerprint density at radius 2 is 1.63 bits per heavy atom. The lowest BCUT2D eigenvalue weighted by atomic mass is 9.84. The van der Waals surface area contributed by atoms with Crippen molar-refractivity contribution >= 4 is 23.2 Å². The molecular weight excluding hydrogens is 412 g/mol. The lowest BCUT2D eigenvalue weighted by molar-refractivity contribution is -0.386. The Hall–Kier alpha value is -3.00. The molecule has 0 saturated heterocycles. The average molecular weight is 437 g/mol. The minimum Gasteiger partial charge on any atom is -0.493 e. The number of amides is 1. The topological polar surface area (TPSA) is 99.9 Å². The number of nitro benzene ring substituents is 1. The zero-order chi connectivity index (χ0) is 22.5. The molecular formula is C21H25ClN2O6. The van der Waals surface area contributed by atoms with Crippen molar-refractivity contribution in [3.63, 3.8) is 0 Å². The highest BCUT2D eigenvalue weighted by Crippen LogP contribution is 2.46. The second kappa shape index (κ2) is 9.67. The van der Waals surface area contributed by atoms with E-state index in [2.05, 4.69) is 5.32 Å². The van der Waals surface area contributed by atoms with Gasteiger partial charge in [-0.15, -0.1) is 0 Å². The quantitative estimate of drug-likeness (QED) is 0.451. The lowest BCUT2D eigenvalue weighted by Gasteiger charge is -2.33. The molecule has 0 saturated carbocycles. The molecule has 2 aromatic rings. The Bertz CT molecular complexity index is 926. The van der Waals surface area contributed by atoms with Gasteiger partial charge < -0.3 is 19.5 Å². The maximum atomic E-state index is 13.3. The Balaban J connectivity index is 2.63. The van der Waals surface area contributed by atoms with Crippen molar-refractivity contribution in [2.24, 2.45) is 0 Å². The van der Waals surface area contributed by atoms with Gasteiger partial charge in [0.05, 0.1) is 31.8 Å². The van der Waals surface area contributed by atoms with Gasteiger partial charge in [-0.2, -0.15) is 0 Å². The molecule has 162 valence electrons. The molecule has 0 aromatic heterocycles. The minimum absolute atomic E-state index is 0.0400. The number of benzene rings is 2. The van der Waals surface area contributed by atoms with E-state index in [1.165, 1.54) is 27.4 Å². The SMILES string of the molecule is CCC(CC)(NC(=O)c1cc(OC)c(OC)c(OC)c1[N+](=O)[O-])c1ccc(Cl)cc1. The first-order chi connectivity index (χ1) is 14.3. The standard InChI is InChI=1S/C21H25ClN2O6/c1-6-21(7-2,13-8-10-14(22)11-9-13)23-20(25)15-12-16(28-3)18(29-4)19(30-5)17(15)24(26)27/h8-12H,6-7H2,1-5H3,(H,23,25). The summed E-state index contributed by atoms with van der Waals surface area (Å²) >= 11 is 6.00. The summed E-state index contributed by atoms with van der Waals surface area (Å²) < 4.78 is 15.7. The number of nitrogens with zero attached hydrogens (tertiary/aromatic N) is 1. The molecule has 8 nitrogen and oxygen atoms in total. The van der Waals surface area contributed by atoms with E-state index >= 15 is 0 Å². The predicted octanol–water partition coefficient (Wildman–Crippen LogP) is 4.72. The number of rotatable bonds is 9. The largest absolute Gasteiger partial charge is 0.493 e. The van der Waals surface area contributed by atoms with Gasteiger partial charge in [0.1, 0.15) is 5.56 Å². The van der Waals surface area contributed by atoms with Gasteiger partial charge in [0.25, 0.3) is 5.91 Å². The zero-order valence-corrected chi connectivity index (χ0v) is 18.3. The average Bonchev–Trinajstić information content (AvgIpc) is 2.76. The molecule has 0 spiro atoms. The van der Waals surface area contributed by atoms with Crippen molar-refractivity contribution in [2.45, 2.75) is 32.2 Å². The van der Waals surface area contributed by atoms with Crippen LogP contribution in [0.15, 0.2) is 30.3 Å². The van der Waals surface area contributed by atoms with E-state index in [1.54, 1.807) is 12.1 Å². The smallest absolute Gasteiger partial charge is 0.327 e. The van der Waals surface area contributed by atoms with Crippen LogP contribution in [0.3, 0.4) is 0 Å². The van der Waals surface area contributed by atoms with Gasteiger partial charge in [-0.3, -0.25) is 14.9 Å². The van der Waals surface area contributed by atoms with E-state index in [-0.39, 0.29) is 22.8 Å². The molecule has 1 N–H and O–H groups in total. The monoisotopic (exact) mass is 436 g/mol. The fourth-order valence-electron chi connectivity index (χ4n) is 3.46. The van der Waals surface area contributed by atoms with E-state index in [4.69, 9.17) is 25.8 Å². The number of nitrogens with one attached hydrogen (secondary N) is 1. The van der Waals surface area contributed by atoms with E-state index in [9.17, 15) is 14.9 Å². The van der Waals surface area contributed by atoms with Gasteiger partial charge in [-0.05, 0) is 30.5 Å². The van der Waals surface area contributed by atoms with Crippen molar-refractivity contribution in [1.29, 1.82) is 0 Å². The summed E-state index contributed by atoms with van der Waals surface area (Å²) in [5, 5.41) is 15.4. The molecule has 9 heteroatoms. The maximum Gasteiger partial charge on any atom is 0.327 e. The Labute approximate surface area is 180 Å². The molecule has 0 aliphatic heterocycles. The van der Waals surface area contributed by atoms with Crippen LogP contribution in [0.4, 0.5) is 5.69 Å². The molecule has 0 heterocycles. The van der Waals surface area contributed by atoms with Crippen molar-refractivity contribution in [3.05, 3.63) is 56.6 Å². The normalized spacial score (nSPS) is 11.0. The van der Waals surface area contributed by atoms with Gasteiger partial charge >= 0.3 is 5.69 Å². The highest BCUT2D eigenvalue weighted by molar-refractivity contribution is 6.30. The zero-order valence-electron chi connectivity index (χ0n) is 17.6. The first-order valence-electron chi connectivity index (χ1n) is 9.34. The second-order valence-corrected chi connectivity index (χ2v) is 6.99. The van der Waals surface area contributed by atoms with E-state index in [0.29, 0.717) is 17.9 Å². The Morgan fingerprint density at radius 1 is 1.07 bits per heavy atom. The van der Waals surface area contributed by atoms with Crippen molar-refractivity contribution < 1.29 is 23.9 Å². The van der Waals surface area contributed by atoms with Crippen LogP contribution in [-0.4, -0.2) is 32.2 Å². The van der Waals surface area contributed by atoms with Crippen LogP contribution in [0.1, 0.15) is 42.6 Å². The Kier molecular flexibility index (Phi) is 7.50. The molecule has 0 atom stereocenters. The van der Waals surface area contributed by atoms with Gasteiger partial charge in [0.15, 0.2) is 5.75 Å². The third kappa shape index (κ3) is 4.28. The number of carbonyl (C=O) groups is 1. The van der Waals surface area contributed by atoms with Gasteiger partial charge in [-0.1, -0.05) is 37.6 Å². The number of carbonyl (C=O) groups excluding carboxylic acids is 1. The third-order valence-electron chi connectivity index (χ3n) is 5.19. The van der Waals surface area contributed by atoms with Gasteiger partial charge in [-0.25, -0.2) is 0 Å². The predicted molar refractivity (Wildman–Crippen MR) is 114 cm³/mol. The van der Waals surface area contributed by atoms with Crippen LogP contribution in [0.25, 0.3) is 0 Å². The van der Waals surface area contributed by atoms with E-state index in [1.807, 2.05) is 26.0 Å². The van der Waals surface area contributed by atoms with Crippen molar-refractivity contribution in [2.75, 3.05) is 21.3 Å². The maximum absolute atomic E-state index is 13.3. The molecule has 0 aliphatic rings. The first kappa shape index (κ1) is 23.3. The number of nitro groups is 1. The van der Waals surface area contributed by atoms with Crippen LogP contribution in [0, 0.1) is 10.1 Å². The summed E-state index contributed by atoms with van der Waals surface area (Å²) in [5.74, 6) is -0.620. The minimum atomic E-state index is -0.740. The molecule has 0 unspecified atom stereocenters. The fraction of sp³-hybridized carbons (Fsp3) is 0.381. The highest BCUT2D eigenvalue weighted by atomic mass is 35.5. The van der Waals surface area contributed by atoms with Gasteiger partial charge in [0, 0.05) is 11.1 Å². The number of hydrogen-bond acceptors (Lipinski definition) is 6. The summed E-state index contributed by atoms with van der Waals surface area (Å²) in [4.78, 5) is 24.4. The number of ether oxygens (including phenoxy) is 3. The molecule has 0 bridgehead atoms. The summed E-state index contributed by atoms with van der Waals surface area (Å²) in [6, 6.07) is 8.43. The molecule has 30 heavy (non-hydrogen) atoms. The lowest BCUT2D eigenvalue weighted by Crippen LogP contribution is -2.45. The Morgan fingerprint density at radius 3 is 2.07 bits per heavy atom. The number of methoxy groups -OCH3 is 3. The van der Waals surface area contributed by atoms with Crippen LogP contribution in [0.2, 0.25) is 5.02 Å². The number of hydrogen-bond donors (Lipinski definition) is 1. The summed E-state index contributed by atoms with van der Waals surface area (Å²) in [5.41, 5.74) is -0.574. The van der Waals surface area contributed by atoms with E-state index < -0.39 is 22.1 Å². The summed E-state index contributed by atoms with van der Waals surface area (Å²) in [7, 11) is 3.98. The molecule has 1 amide bonds. The molecule has 0 aliphatic carbocycles. The van der Waals surface area contributed by atoms with Crippen LogP contribution >= 0.6 is 11.6 Å².